The van der Waals surface area contributed by atoms with Gasteiger partial charge in [-0.25, -0.2) is 13.6 Å². The number of Topliss-reactive ketones (excluding diaryl/α,β-unsaturated/α-hetero) is 1. The largest absolute Gasteiger partial charge is 0.369 e. The molecule has 1 aromatic carbocycles. The predicted octanol–water partition coefficient (Wildman–Crippen LogP) is 1.12. The number of rotatable bonds is 8. The van der Waals surface area contributed by atoms with E-state index < -0.39 is 15.9 Å². The van der Waals surface area contributed by atoms with Gasteiger partial charge in [-0.1, -0.05) is 0 Å². The second kappa shape index (κ2) is 8.26. The Balaban J connectivity index is 2.35. The summed E-state index contributed by atoms with van der Waals surface area (Å²) in [5.74, 6) is -0.600. The van der Waals surface area contributed by atoms with Gasteiger partial charge in [0.25, 0.3) is 0 Å². The summed E-state index contributed by atoms with van der Waals surface area (Å²) in [4.78, 5) is 25.8. The van der Waals surface area contributed by atoms with Gasteiger partial charge in [-0.3, -0.25) is 14.5 Å². The molecule has 0 saturated heterocycles. The van der Waals surface area contributed by atoms with E-state index in [1.165, 1.54) is 12.1 Å². The summed E-state index contributed by atoms with van der Waals surface area (Å²) in [7, 11) is -3.77. The molecule has 1 amide bonds. The van der Waals surface area contributed by atoms with Crippen LogP contribution in [0.5, 0.6) is 0 Å². The lowest BCUT2D eigenvalue weighted by atomic mass is 10.1. The van der Waals surface area contributed by atoms with Crippen LogP contribution in [0.4, 0.5) is 0 Å². The maximum atomic E-state index is 12.8. The SMILES string of the molecule is Cc1cc(C(=O)CN(CC(N)=O)C(C)C)c(C)n1-c1ccc(S(N)(=O)=O)cc1. The van der Waals surface area contributed by atoms with Crippen LogP contribution in [0, 0.1) is 13.8 Å². The van der Waals surface area contributed by atoms with Gasteiger partial charge in [-0.05, 0) is 58.0 Å². The first-order chi connectivity index (χ1) is 12.9. The van der Waals surface area contributed by atoms with Crippen molar-refractivity contribution in [2.45, 2.75) is 38.6 Å². The zero-order chi connectivity index (χ0) is 21.2. The molecule has 0 radical (unpaired) electrons. The Morgan fingerprint density at radius 3 is 2.14 bits per heavy atom. The molecule has 0 aliphatic carbocycles. The monoisotopic (exact) mass is 406 g/mol. The molecule has 0 fully saturated rings. The molecule has 0 saturated carbocycles. The van der Waals surface area contributed by atoms with Crippen LogP contribution in [0.25, 0.3) is 5.69 Å². The Morgan fingerprint density at radius 2 is 1.68 bits per heavy atom. The summed E-state index contributed by atoms with van der Waals surface area (Å²) in [5.41, 5.74) is 8.10. The van der Waals surface area contributed by atoms with Crippen LogP contribution in [-0.2, 0) is 14.8 Å². The van der Waals surface area contributed by atoms with Gasteiger partial charge >= 0.3 is 0 Å². The number of nitrogens with two attached hydrogens (primary N) is 2. The zero-order valence-electron chi connectivity index (χ0n) is 16.5. The van der Waals surface area contributed by atoms with Crippen LogP contribution in [0.15, 0.2) is 35.2 Å². The number of aryl methyl sites for hydroxylation is 1. The van der Waals surface area contributed by atoms with E-state index in [-0.39, 0.29) is 29.8 Å². The van der Waals surface area contributed by atoms with Crippen LogP contribution in [-0.4, -0.2) is 48.7 Å². The number of primary amides is 1. The average molecular weight is 407 g/mol. The van der Waals surface area contributed by atoms with Gasteiger partial charge in [0.2, 0.25) is 15.9 Å². The van der Waals surface area contributed by atoms with Crippen LogP contribution >= 0.6 is 0 Å². The Bertz CT molecular complexity index is 992. The maximum absolute atomic E-state index is 12.8. The number of carbonyl (C=O) groups is 2. The van der Waals surface area contributed by atoms with Crippen molar-refractivity contribution in [2.75, 3.05) is 13.1 Å². The Labute approximate surface area is 165 Å². The van der Waals surface area contributed by atoms with Crippen molar-refractivity contribution >= 4 is 21.7 Å². The maximum Gasteiger partial charge on any atom is 0.238 e. The molecule has 152 valence electrons. The molecule has 2 aromatic rings. The van der Waals surface area contributed by atoms with E-state index in [1.54, 1.807) is 23.1 Å². The molecule has 0 unspecified atom stereocenters. The minimum absolute atomic E-state index is 0.00862. The molecule has 0 aliphatic rings. The molecule has 1 heterocycles. The van der Waals surface area contributed by atoms with Gasteiger partial charge in [0.15, 0.2) is 5.78 Å². The van der Waals surface area contributed by atoms with Gasteiger partial charge in [0.1, 0.15) is 0 Å². The first-order valence-corrected chi connectivity index (χ1v) is 10.3. The second-order valence-electron chi connectivity index (χ2n) is 7.05. The molecule has 2 rings (SSSR count). The number of primary sulfonamides is 1. The number of hydrogen-bond donors (Lipinski definition) is 2. The van der Waals surface area contributed by atoms with Gasteiger partial charge in [-0.15, -0.1) is 0 Å². The zero-order valence-corrected chi connectivity index (χ0v) is 17.3. The van der Waals surface area contributed by atoms with Crippen LogP contribution in [0.3, 0.4) is 0 Å². The van der Waals surface area contributed by atoms with Crippen molar-refractivity contribution in [3.63, 3.8) is 0 Å². The smallest absolute Gasteiger partial charge is 0.238 e. The van der Waals surface area contributed by atoms with Crippen LogP contribution < -0.4 is 10.9 Å². The summed E-state index contributed by atoms with van der Waals surface area (Å²) in [6.45, 7) is 7.56. The Morgan fingerprint density at radius 1 is 1.11 bits per heavy atom. The molecule has 8 nitrogen and oxygen atoms in total. The number of aromatic nitrogens is 1. The molecular weight excluding hydrogens is 380 g/mol. The fourth-order valence-corrected chi connectivity index (χ4v) is 3.63. The summed E-state index contributed by atoms with van der Waals surface area (Å²) in [5, 5.41) is 5.14. The summed E-state index contributed by atoms with van der Waals surface area (Å²) < 4.78 is 24.7. The minimum atomic E-state index is -3.77. The average Bonchev–Trinajstić information content (AvgIpc) is 2.87. The fraction of sp³-hybridized carbons (Fsp3) is 0.368. The standard InChI is InChI=1S/C19H26N4O4S/c1-12(2)22(11-19(20)25)10-18(24)17-9-13(3)23(14(17)4)15-5-7-16(8-6-15)28(21,26)27/h5-9,12H,10-11H2,1-4H3,(H2,20,25)(H2,21,26,27). The van der Waals surface area contributed by atoms with E-state index >= 15 is 0 Å². The van der Waals surface area contributed by atoms with Crippen LogP contribution in [0.1, 0.15) is 35.6 Å². The van der Waals surface area contributed by atoms with E-state index in [2.05, 4.69) is 0 Å². The molecular formula is C19H26N4O4S. The van der Waals surface area contributed by atoms with Gasteiger partial charge in [0, 0.05) is 28.7 Å². The normalized spacial score (nSPS) is 12.0. The third-order valence-electron chi connectivity index (χ3n) is 4.59. The highest BCUT2D eigenvalue weighted by Gasteiger charge is 2.21. The molecule has 0 atom stereocenters. The molecule has 0 bridgehead atoms. The fourth-order valence-electron chi connectivity index (χ4n) is 3.12. The number of hydrogen-bond acceptors (Lipinski definition) is 5. The van der Waals surface area contributed by atoms with Gasteiger partial charge < -0.3 is 10.3 Å². The molecule has 0 aliphatic heterocycles. The van der Waals surface area contributed by atoms with Crippen molar-refractivity contribution in [3.8, 4) is 5.69 Å². The van der Waals surface area contributed by atoms with E-state index in [1.807, 2.05) is 32.3 Å². The lowest BCUT2D eigenvalue weighted by Crippen LogP contribution is -2.41. The van der Waals surface area contributed by atoms with E-state index in [0.29, 0.717) is 5.56 Å². The highest BCUT2D eigenvalue weighted by atomic mass is 32.2. The third kappa shape index (κ3) is 4.86. The van der Waals surface area contributed by atoms with Crippen molar-refractivity contribution < 1.29 is 18.0 Å². The molecule has 9 heteroatoms. The molecule has 4 N–H and O–H groups in total. The molecule has 0 spiro atoms. The molecule has 28 heavy (non-hydrogen) atoms. The highest BCUT2D eigenvalue weighted by Crippen LogP contribution is 2.22. The number of carbonyl (C=O) groups excluding carboxylic acids is 2. The van der Waals surface area contributed by atoms with Crippen molar-refractivity contribution in [1.82, 2.24) is 9.47 Å². The van der Waals surface area contributed by atoms with Crippen LogP contribution in [0.2, 0.25) is 0 Å². The Kier molecular flexibility index (Phi) is 6.43. The predicted molar refractivity (Wildman–Crippen MR) is 107 cm³/mol. The van der Waals surface area contributed by atoms with Gasteiger partial charge in [-0.2, -0.15) is 0 Å². The first kappa shape index (κ1) is 21.8. The number of ketones is 1. The lowest BCUT2D eigenvalue weighted by Gasteiger charge is -2.24. The van der Waals surface area contributed by atoms with Crippen molar-refractivity contribution in [2.24, 2.45) is 10.9 Å². The lowest BCUT2D eigenvalue weighted by molar-refractivity contribution is -0.119. The minimum Gasteiger partial charge on any atom is -0.369 e. The van der Waals surface area contributed by atoms with E-state index in [4.69, 9.17) is 10.9 Å². The number of benzene rings is 1. The van der Waals surface area contributed by atoms with Crippen molar-refractivity contribution in [1.29, 1.82) is 0 Å². The van der Waals surface area contributed by atoms with E-state index in [0.717, 1.165) is 17.1 Å². The van der Waals surface area contributed by atoms with E-state index in [9.17, 15) is 18.0 Å². The number of sulfonamides is 1. The number of nitrogens with zero attached hydrogens (tertiary/aromatic N) is 2. The molecule has 1 aromatic heterocycles. The first-order valence-electron chi connectivity index (χ1n) is 8.79. The quantitative estimate of drug-likeness (QED) is 0.635. The summed E-state index contributed by atoms with van der Waals surface area (Å²) in [6.07, 6.45) is 0. The highest BCUT2D eigenvalue weighted by molar-refractivity contribution is 7.89. The second-order valence-corrected chi connectivity index (χ2v) is 8.61. The third-order valence-corrected chi connectivity index (χ3v) is 5.52. The number of amides is 1. The summed E-state index contributed by atoms with van der Waals surface area (Å²) in [6, 6.07) is 7.92. The summed E-state index contributed by atoms with van der Waals surface area (Å²) >= 11 is 0. The van der Waals surface area contributed by atoms with Crippen molar-refractivity contribution in [3.05, 3.63) is 47.3 Å². The Hall–Kier alpha value is -2.49. The topological polar surface area (TPSA) is 128 Å². The van der Waals surface area contributed by atoms with Gasteiger partial charge in [0.05, 0.1) is 18.0 Å².